The van der Waals surface area contributed by atoms with Crippen LogP contribution in [0.2, 0.25) is 0 Å². The lowest BCUT2D eigenvalue weighted by Gasteiger charge is -2.15. The third kappa shape index (κ3) is 6.49. The number of esters is 1. The normalized spacial score (nSPS) is 13.3. The van der Waals surface area contributed by atoms with Crippen molar-refractivity contribution in [1.82, 2.24) is 0 Å². The van der Waals surface area contributed by atoms with Crippen molar-refractivity contribution in [2.24, 2.45) is 0 Å². The molecule has 0 unspecified atom stereocenters. The minimum Gasteiger partial charge on any atom is -0.452 e. The number of ether oxygens (including phenoxy) is 1. The number of carbonyl (C=O) groups excluding carboxylic acids is 2. The zero-order valence-corrected chi connectivity index (χ0v) is 16.9. The van der Waals surface area contributed by atoms with E-state index in [1.165, 1.54) is 31.3 Å². The standard InChI is InChI=1S/C24H28N2O3/c1-18-11-13-20(14-12-18)26-23(27)17-29-24(28)21-9-5-6-10-22(21)25-16-15-19-7-3-2-4-8-19/h5-7,9-14,25H,2-4,8,15-17H2,1H3,(H,26,27). The number of amides is 1. The summed E-state index contributed by atoms with van der Waals surface area (Å²) in [5, 5.41) is 6.06. The molecule has 0 radical (unpaired) electrons. The van der Waals surface area contributed by atoms with Gasteiger partial charge < -0.3 is 15.4 Å². The fraction of sp³-hybridized carbons (Fsp3) is 0.333. The summed E-state index contributed by atoms with van der Waals surface area (Å²) < 4.78 is 5.22. The summed E-state index contributed by atoms with van der Waals surface area (Å²) in [7, 11) is 0. The summed E-state index contributed by atoms with van der Waals surface area (Å²) in [6.07, 6.45) is 8.19. The Hall–Kier alpha value is -3.08. The summed E-state index contributed by atoms with van der Waals surface area (Å²) >= 11 is 0. The molecule has 152 valence electrons. The van der Waals surface area contributed by atoms with Crippen molar-refractivity contribution >= 4 is 23.3 Å². The molecule has 2 aromatic rings. The van der Waals surface area contributed by atoms with Crippen LogP contribution in [0.4, 0.5) is 11.4 Å². The van der Waals surface area contributed by atoms with Gasteiger partial charge in [0.2, 0.25) is 0 Å². The molecule has 2 aromatic carbocycles. The second kappa shape index (κ2) is 10.5. The summed E-state index contributed by atoms with van der Waals surface area (Å²) in [6, 6.07) is 14.7. The van der Waals surface area contributed by atoms with Crippen LogP contribution in [0.25, 0.3) is 0 Å². The smallest absolute Gasteiger partial charge is 0.340 e. The van der Waals surface area contributed by atoms with Crippen molar-refractivity contribution in [2.75, 3.05) is 23.8 Å². The highest BCUT2D eigenvalue weighted by atomic mass is 16.5. The van der Waals surface area contributed by atoms with Crippen molar-refractivity contribution in [3.63, 3.8) is 0 Å². The van der Waals surface area contributed by atoms with E-state index >= 15 is 0 Å². The molecule has 0 heterocycles. The van der Waals surface area contributed by atoms with Crippen LogP contribution in [0.1, 0.15) is 48.0 Å². The maximum atomic E-state index is 12.5. The van der Waals surface area contributed by atoms with Gasteiger partial charge in [-0.3, -0.25) is 4.79 Å². The van der Waals surface area contributed by atoms with Crippen molar-refractivity contribution in [1.29, 1.82) is 0 Å². The van der Waals surface area contributed by atoms with Crippen LogP contribution in [0.5, 0.6) is 0 Å². The van der Waals surface area contributed by atoms with Crippen LogP contribution in [0.15, 0.2) is 60.2 Å². The van der Waals surface area contributed by atoms with Crippen LogP contribution in [-0.2, 0) is 9.53 Å². The Kier molecular flexibility index (Phi) is 7.45. The van der Waals surface area contributed by atoms with E-state index in [1.807, 2.05) is 43.3 Å². The number of rotatable bonds is 8. The minimum absolute atomic E-state index is 0.325. The Morgan fingerprint density at radius 1 is 1.03 bits per heavy atom. The van der Waals surface area contributed by atoms with Crippen molar-refractivity contribution in [2.45, 2.75) is 39.0 Å². The van der Waals surface area contributed by atoms with Gasteiger partial charge in [-0.25, -0.2) is 4.79 Å². The third-order valence-electron chi connectivity index (χ3n) is 4.96. The van der Waals surface area contributed by atoms with E-state index in [0.29, 0.717) is 11.3 Å². The van der Waals surface area contributed by atoms with Gasteiger partial charge in [0.05, 0.1) is 5.56 Å². The average Bonchev–Trinajstić information content (AvgIpc) is 2.75. The molecule has 0 aliphatic heterocycles. The SMILES string of the molecule is Cc1ccc(NC(=O)COC(=O)c2ccccc2NCCC2=CCCCC2)cc1. The number of carbonyl (C=O) groups is 2. The van der Waals surface area contributed by atoms with Crippen LogP contribution < -0.4 is 10.6 Å². The average molecular weight is 392 g/mol. The lowest BCUT2D eigenvalue weighted by molar-refractivity contribution is -0.119. The van der Waals surface area contributed by atoms with Crippen molar-refractivity contribution in [3.8, 4) is 0 Å². The first kappa shape index (κ1) is 20.6. The Morgan fingerprint density at radius 2 is 1.83 bits per heavy atom. The second-order valence-electron chi connectivity index (χ2n) is 7.32. The van der Waals surface area contributed by atoms with Gasteiger partial charge in [-0.1, -0.05) is 41.5 Å². The van der Waals surface area contributed by atoms with Crippen molar-refractivity contribution < 1.29 is 14.3 Å². The Labute approximate surface area is 172 Å². The zero-order valence-electron chi connectivity index (χ0n) is 16.9. The zero-order chi connectivity index (χ0) is 20.5. The number of hydrogen-bond donors (Lipinski definition) is 2. The number of para-hydroxylation sites is 1. The van der Waals surface area contributed by atoms with Crippen LogP contribution >= 0.6 is 0 Å². The molecular formula is C24H28N2O3. The number of nitrogens with one attached hydrogen (secondary N) is 2. The van der Waals surface area contributed by atoms with E-state index in [1.54, 1.807) is 12.1 Å². The largest absolute Gasteiger partial charge is 0.452 e. The van der Waals surface area contributed by atoms with Crippen LogP contribution in [0, 0.1) is 6.92 Å². The number of anilines is 2. The summed E-state index contributed by atoms with van der Waals surface area (Å²) in [5.41, 5.74) is 4.44. The van der Waals surface area contributed by atoms with E-state index in [-0.39, 0.29) is 12.5 Å². The van der Waals surface area contributed by atoms with Gasteiger partial charge in [-0.2, -0.15) is 0 Å². The predicted octanol–water partition coefficient (Wildman–Crippen LogP) is 5.09. The monoisotopic (exact) mass is 392 g/mol. The fourth-order valence-corrected chi connectivity index (χ4v) is 3.35. The van der Waals surface area contributed by atoms with E-state index in [0.717, 1.165) is 24.2 Å². The first-order valence-electron chi connectivity index (χ1n) is 10.2. The Bertz CT molecular complexity index is 872. The molecular weight excluding hydrogens is 364 g/mol. The molecule has 0 bridgehead atoms. The van der Waals surface area contributed by atoms with E-state index in [2.05, 4.69) is 16.7 Å². The molecule has 0 atom stereocenters. The molecule has 2 N–H and O–H groups in total. The molecule has 0 spiro atoms. The molecule has 3 rings (SSSR count). The van der Waals surface area contributed by atoms with Crippen molar-refractivity contribution in [3.05, 3.63) is 71.3 Å². The molecule has 0 fully saturated rings. The summed E-state index contributed by atoms with van der Waals surface area (Å²) in [6.45, 7) is 2.42. The van der Waals surface area contributed by atoms with Gasteiger partial charge in [0.25, 0.3) is 5.91 Å². The highest BCUT2D eigenvalue weighted by Crippen LogP contribution is 2.21. The third-order valence-corrected chi connectivity index (χ3v) is 4.96. The van der Waals surface area contributed by atoms with Gasteiger partial charge in [0, 0.05) is 17.9 Å². The highest BCUT2D eigenvalue weighted by Gasteiger charge is 2.14. The number of benzene rings is 2. The lowest BCUT2D eigenvalue weighted by Crippen LogP contribution is -2.21. The Morgan fingerprint density at radius 3 is 2.59 bits per heavy atom. The molecule has 0 saturated heterocycles. The number of aryl methyl sites for hydroxylation is 1. The summed E-state index contributed by atoms with van der Waals surface area (Å²) in [5.74, 6) is -0.874. The number of hydrogen-bond acceptors (Lipinski definition) is 4. The molecule has 1 aliphatic carbocycles. The number of allylic oxidation sites excluding steroid dienone is 1. The molecule has 0 saturated carbocycles. The van der Waals surface area contributed by atoms with Crippen LogP contribution in [-0.4, -0.2) is 25.0 Å². The minimum atomic E-state index is -0.510. The first-order valence-corrected chi connectivity index (χ1v) is 10.2. The maximum Gasteiger partial charge on any atom is 0.340 e. The van der Waals surface area contributed by atoms with E-state index < -0.39 is 5.97 Å². The quantitative estimate of drug-likeness (QED) is 0.485. The lowest BCUT2D eigenvalue weighted by atomic mass is 9.97. The first-order chi connectivity index (χ1) is 14.1. The van der Waals surface area contributed by atoms with Gasteiger partial charge in [0.1, 0.15) is 0 Å². The van der Waals surface area contributed by atoms with Crippen LogP contribution in [0.3, 0.4) is 0 Å². The molecule has 29 heavy (non-hydrogen) atoms. The van der Waals surface area contributed by atoms with Gasteiger partial charge in [-0.05, 0) is 63.3 Å². The molecule has 5 nitrogen and oxygen atoms in total. The van der Waals surface area contributed by atoms with E-state index in [9.17, 15) is 9.59 Å². The maximum absolute atomic E-state index is 12.5. The van der Waals surface area contributed by atoms with Gasteiger partial charge in [0.15, 0.2) is 6.61 Å². The van der Waals surface area contributed by atoms with Gasteiger partial charge in [-0.15, -0.1) is 0 Å². The molecule has 5 heteroatoms. The molecule has 0 aromatic heterocycles. The predicted molar refractivity (Wildman–Crippen MR) is 116 cm³/mol. The Balaban J connectivity index is 1.50. The second-order valence-corrected chi connectivity index (χ2v) is 7.32. The summed E-state index contributed by atoms with van der Waals surface area (Å²) in [4.78, 5) is 24.5. The molecule has 1 amide bonds. The fourth-order valence-electron chi connectivity index (χ4n) is 3.35. The van der Waals surface area contributed by atoms with Gasteiger partial charge >= 0.3 is 5.97 Å². The highest BCUT2D eigenvalue weighted by molar-refractivity contribution is 5.98. The molecule has 1 aliphatic rings. The van der Waals surface area contributed by atoms with E-state index in [4.69, 9.17) is 4.74 Å². The topological polar surface area (TPSA) is 67.4 Å².